The molecular weight excluding hydrogens is 1360 g/mol. The van der Waals surface area contributed by atoms with Gasteiger partial charge in [-0.1, -0.05) is 197 Å². The van der Waals surface area contributed by atoms with Crippen LogP contribution in [0.3, 0.4) is 0 Å². The van der Waals surface area contributed by atoms with E-state index in [1.165, 1.54) is 162 Å². The number of allylic oxidation sites excluding steroid dienone is 7. The summed E-state index contributed by atoms with van der Waals surface area (Å²) in [4.78, 5) is 45.4. The largest absolute Gasteiger partial charge is 0.463 e. The topological polar surface area (TPSA) is 136 Å². The molecule has 14 aliphatic carbocycles. The first-order chi connectivity index (χ1) is 49.8. The summed E-state index contributed by atoms with van der Waals surface area (Å²) >= 11 is 0. The summed E-state index contributed by atoms with van der Waals surface area (Å²) in [6.45, 7) is 72.5. The van der Waals surface area contributed by atoms with Crippen molar-refractivity contribution < 1.29 is 43.6 Å². The molecule has 19 atom stereocenters. The highest BCUT2D eigenvalue weighted by Crippen LogP contribution is 2.59. The number of hydrogen-bond acceptors (Lipinski definition) is 9. The molecule has 110 heavy (non-hydrogen) atoms. The van der Waals surface area contributed by atoms with Crippen LogP contribution in [0.2, 0.25) is 0 Å². The Kier molecular flexibility index (Phi) is 32.3. The number of aliphatic hydroxyl groups is 2. The molecule has 0 radical (unpaired) electrons. The zero-order valence-corrected chi connectivity index (χ0v) is 73.2. The van der Waals surface area contributed by atoms with E-state index in [2.05, 4.69) is 157 Å². The molecule has 0 aliphatic heterocycles. The van der Waals surface area contributed by atoms with Crippen LogP contribution in [-0.2, 0) is 33.4 Å². The van der Waals surface area contributed by atoms with Crippen molar-refractivity contribution in [2.75, 3.05) is 7.11 Å². The minimum Gasteiger partial charge on any atom is -0.463 e. The van der Waals surface area contributed by atoms with E-state index in [1.54, 1.807) is 0 Å². The van der Waals surface area contributed by atoms with Crippen LogP contribution in [0, 0.1) is 121 Å². The lowest BCUT2D eigenvalue weighted by molar-refractivity contribution is -0.157. The first kappa shape index (κ1) is 95.2. The lowest BCUT2D eigenvalue weighted by Gasteiger charge is -2.43. The van der Waals surface area contributed by atoms with E-state index in [4.69, 9.17) is 14.2 Å². The molecule has 2 N–H and O–H groups in total. The lowest BCUT2D eigenvalue weighted by Crippen LogP contribution is -2.34. The summed E-state index contributed by atoms with van der Waals surface area (Å²) in [6.07, 6.45) is 38.6. The summed E-state index contributed by atoms with van der Waals surface area (Å²) in [5.74, 6) is 8.97. The third-order valence-electron chi connectivity index (χ3n) is 32.6. The van der Waals surface area contributed by atoms with Gasteiger partial charge in [-0.25, -0.2) is 0 Å². The molecule has 0 heterocycles. The van der Waals surface area contributed by atoms with Crippen molar-refractivity contribution in [1.82, 2.24) is 0 Å². The van der Waals surface area contributed by atoms with Gasteiger partial charge in [0.1, 0.15) is 23.3 Å². The summed E-state index contributed by atoms with van der Waals surface area (Å²) in [5, 5.41) is 20.0. The molecule has 0 amide bonds. The number of methoxy groups -OCH3 is 1. The Bertz CT molecular complexity index is 3190. The van der Waals surface area contributed by atoms with Crippen LogP contribution in [0.5, 0.6) is 0 Å². The van der Waals surface area contributed by atoms with Crippen LogP contribution in [0.15, 0.2) is 85.1 Å². The van der Waals surface area contributed by atoms with Crippen LogP contribution in [0.25, 0.3) is 0 Å². The quantitative estimate of drug-likeness (QED) is 0.209. The van der Waals surface area contributed by atoms with Gasteiger partial charge in [0.05, 0.1) is 17.3 Å². The maximum absolute atomic E-state index is 11.5. The number of fused-ring (bicyclic) bond motifs is 14. The standard InChI is InChI=1S/C16H26O2.C15H24O2.C15H26O.C14H24O.C13H22O.2C13H20O.2CH4/c1-11-13-6-8-15(3,4)14(11)7-9-16(5,10-13)18-12(2)17;1-10-12-7-8-15(3,4)14(10)6-5-13(9-12)17-11(2)16;1-11-12-6-8-14(2,3)13(11)7-9-15(4,10-12)16-5;1-10-11-5-7-13(2,3)12(10)6-8-14(4,15)9-11;3*1-9-10-6-7-13(2,3)12(9)5-4-11(14)8-10;;/h13-14H,1,6-10H2,2-5H3;12-14H,1,5-9H2,2-4H3;12-13H,1,6-10H2,2-5H3;11-12,15H,1,5-9H2,2-4H3;10-12,14H,1,4-8H2,2-3H3;2*10,12H,1,4-8H2,2-3H3;2*1H4. The van der Waals surface area contributed by atoms with Crippen molar-refractivity contribution in [2.24, 2.45) is 121 Å². The van der Waals surface area contributed by atoms with Gasteiger partial charge in [0.2, 0.25) is 0 Å². The van der Waals surface area contributed by atoms with Gasteiger partial charge in [0, 0.05) is 46.6 Å². The van der Waals surface area contributed by atoms with E-state index in [0.717, 1.165) is 116 Å². The second-order valence-corrected chi connectivity index (χ2v) is 44.0. The number of esters is 2. The van der Waals surface area contributed by atoms with E-state index in [-0.39, 0.29) is 50.2 Å². The first-order valence-electron chi connectivity index (χ1n) is 44.0. The molecule has 19 unspecified atom stereocenters. The van der Waals surface area contributed by atoms with Gasteiger partial charge in [-0.05, 0) is 341 Å². The molecule has 14 aliphatic rings. The molecular formula is C101H170O9. The average Bonchev–Trinajstić information content (AvgIpc) is 1.64. The number of ether oxygens (including phenoxy) is 3. The fourth-order valence-corrected chi connectivity index (χ4v) is 24.7. The maximum atomic E-state index is 11.5. The molecule has 14 fully saturated rings. The Labute approximate surface area is 676 Å². The molecule has 0 aromatic carbocycles. The van der Waals surface area contributed by atoms with Gasteiger partial charge < -0.3 is 24.4 Å². The van der Waals surface area contributed by atoms with Gasteiger partial charge in [0.25, 0.3) is 0 Å². The number of aliphatic hydroxyl groups excluding tert-OH is 1. The second kappa shape index (κ2) is 37.3. The van der Waals surface area contributed by atoms with E-state index in [0.29, 0.717) is 132 Å². The monoisotopic (exact) mass is 1530 g/mol. The first-order valence-corrected chi connectivity index (χ1v) is 44.0. The van der Waals surface area contributed by atoms with Crippen molar-refractivity contribution >= 4 is 23.5 Å². The molecule has 0 aromatic heterocycles. The molecule has 9 heteroatoms. The van der Waals surface area contributed by atoms with Gasteiger partial charge in [-0.2, -0.15) is 0 Å². The van der Waals surface area contributed by atoms with Crippen molar-refractivity contribution in [3.63, 3.8) is 0 Å². The zero-order valence-electron chi connectivity index (χ0n) is 73.2. The van der Waals surface area contributed by atoms with Crippen LogP contribution < -0.4 is 0 Å². The molecule has 0 aromatic rings. The summed E-state index contributed by atoms with van der Waals surface area (Å²) < 4.78 is 16.8. The van der Waals surface area contributed by atoms with Gasteiger partial charge >= 0.3 is 11.9 Å². The lowest BCUT2D eigenvalue weighted by atomic mass is 9.62. The predicted octanol–water partition coefficient (Wildman–Crippen LogP) is 26.6. The second-order valence-electron chi connectivity index (χ2n) is 44.0. The fraction of sp³-hybridized carbons (Fsp3) is 0.822. The van der Waals surface area contributed by atoms with Crippen molar-refractivity contribution in [2.45, 2.75) is 400 Å². The van der Waals surface area contributed by atoms with Crippen molar-refractivity contribution in [3.05, 3.63) is 85.1 Å². The molecule has 9 nitrogen and oxygen atoms in total. The van der Waals surface area contributed by atoms with E-state index < -0.39 is 5.60 Å². The zero-order chi connectivity index (χ0) is 80.5. The normalized spacial score (nSPS) is 39.0. The van der Waals surface area contributed by atoms with Gasteiger partial charge in [-0.3, -0.25) is 19.2 Å². The summed E-state index contributed by atoms with van der Waals surface area (Å²) in [5.41, 5.74) is 12.0. The van der Waals surface area contributed by atoms with E-state index in [1.807, 2.05) is 14.0 Å². The van der Waals surface area contributed by atoms with Gasteiger partial charge in [0.15, 0.2) is 0 Å². The third kappa shape index (κ3) is 23.6. The molecule has 14 rings (SSSR count). The summed E-state index contributed by atoms with van der Waals surface area (Å²) in [6, 6.07) is 0. The maximum Gasteiger partial charge on any atom is 0.303 e. The molecule has 14 bridgehead atoms. The van der Waals surface area contributed by atoms with Crippen molar-refractivity contribution in [1.29, 1.82) is 0 Å². The Morgan fingerprint density at radius 3 is 1.01 bits per heavy atom. The number of ketones is 2. The van der Waals surface area contributed by atoms with Crippen LogP contribution in [0.1, 0.15) is 371 Å². The SMILES string of the molecule is C.C.C=C1C2CCC(C)(C)C1CCC(=O)C2.C=C1C2CCC(C)(C)C1CCC(=O)C2.C=C1C2CCC(C)(C)C1CCC(C)(O)C2.C=C1C2CCC(C)(C)C1CCC(C)(OC(C)=O)C2.C=C1C2CCC(C)(C)C1CCC(C)(OC)C2.C=C1C2CCC(C)(C)C1CCC(O)C2.C=C1C2CCC(C)(C)C1CCC(OC(C)=O)C2. The Balaban J connectivity index is 0.000000200. The highest BCUT2D eigenvalue weighted by atomic mass is 16.6. The van der Waals surface area contributed by atoms with Crippen LogP contribution in [-0.4, -0.2) is 69.8 Å². The highest BCUT2D eigenvalue weighted by Gasteiger charge is 2.51. The van der Waals surface area contributed by atoms with E-state index >= 15 is 0 Å². The number of carbonyl (C=O) groups excluding carboxylic acids is 4. The van der Waals surface area contributed by atoms with Gasteiger partial charge in [-0.15, -0.1) is 0 Å². The van der Waals surface area contributed by atoms with Crippen LogP contribution in [0.4, 0.5) is 0 Å². The summed E-state index contributed by atoms with van der Waals surface area (Å²) in [7, 11) is 1.86. The number of rotatable bonds is 3. The third-order valence-corrected chi connectivity index (χ3v) is 32.6. The highest BCUT2D eigenvalue weighted by molar-refractivity contribution is 5.80. The van der Waals surface area contributed by atoms with E-state index in [9.17, 15) is 29.4 Å². The Morgan fingerprint density at radius 1 is 0.345 bits per heavy atom. The average molecular weight is 1530 g/mol. The van der Waals surface area contributed by atoms with Crippen LogP contribution >= 0.6 is 0 Å². The number of hydrogen-bond donors (Lipinski definition) is 2. The predicted molar refractivity (Wildman–Crippen MR) is 462 cm³/mol. The number of Topliss-reactive ketones (excluding diaryl/α,β-unsaturated/α-hetero) is 2. The minimum absolute atomic E-state index is 0. The Morgan fingerprint density at radius 2 is 0.636 bits per heavy atom. The molecule has 628 valence electrons. The Hall–Kier alpha value is -3.66. The molecule has 14 saturated carbocycles. The molecule has 0 spiro atoms. The van der Waals surface area contributed by atoms with Crippen molar-refractivity contribution in [3.8, 4) is 0 Å². The smallest absolute Gasteiger partial charge is 0.303 e. The molecule has 0 saturated heterocycles. The fourth-order valence-electron chi connectivity index (χ4n) is 24.7. The number of carbonyl (C=O) groups is 4. The minimum atomic E-state index is -0.456.